The molecule has 27 heavy (non-hydrogen) atoms. The maximum absolute atomic E-state index is 12.9. The van der Waals surface area contributed by atoms with Gasteiger partial charge in [0.2, 0.25) is 5.13 Å². The number of amides is 2. The SMILES string of the molecule is Cc1cccc(CN(Cc2ccccn2)C(=O)Nc2nnc(C(C)C)s2)c1. The summed E-state index contributed by atoms with van der Waals surface area (Å²) in [7, 11) is 0. The maximum atomic E-state index is 12.9. The predicted molar refractivity (Wildman–Crippen MR) is 108 cm³/mol. The number of carbonyl (C=O) groups excluding carboxylic acids is 1. The fourth-order valence-electron chi connectivity index (χ4n) is 2.61. The molecule has 7 heteroatoms. The number of benzene rings is 1. The van der Waals surface area contributed by atoms with Gasteiger partial charge in [-0.3, -0.25) is 10.3 Å². The van der Waals surface area contributed by atoms with Crippen molar-refractivity contribution in [1.82, 2.24) is 20.1 Å². The Labute approximate surface area is 163 Å². The lowest BCUT2D eigenvalue weighted by Gasteiger charge is -2.22. The van der Waals surface area contributed by atoms with Gasteiger partial charge in [-0.1, -0.05) is 61.1 Å². The second kappa shape index (κ2) is 8.73. The number of aryl methyl sites for hydroxylation is 1. The van der Waals surface area contributed by atoms with Crippen LogP contribution in [-0.4, -0.2) is 26.1 Å². The summed E-state index contributed by atoms with van der Waals surface area (Å²) in [6, 6.07) is 13.6. The van der Waals surface area contributed by atoms with Crippen molar-refractivity contribution in [3.8, 4) is 0 Å². The Kier molecular flexibility index (Phi) is 6.13. The second-order valence-corrected chi connectivity index (χ2v) is 7.71. The molecular formula is C20H23N5OS. The molecule has 2 aromatic heterocycles. The van der Waals surface area contributed by atoms with Gasteiger partial charge in [-0.25, -0.2) is 4.79 Å². The smallest absolute Gasteiger partial charge is 0.314 e. The second-order valence-electron chi connectivity index (χ2n) is 6.70. The van der Waals surface area contributed by atoms with Crippen molar-refractivity contribution in [3.63, 3.8) is 0 Å². The molecule has 2 heterocycles. The van der Waals surface area contributed by atoms with Crippen molar-refractivity contribution in [2.45, 2.75) is 39.8 Å². The summed E-state index contributed by atoms with van der Waals surface area (Å²) in [6.45, 7) is 7.05. The van der Waals surface area contributed by atoms with Crippen LogP contribution in [0, 0.1) is 6.92 Å². The Balaban J connectivity index is 1.77. The minimum atomic E-state index is -0.214. The van der Waals surface area contributed by atoms with Crippen LogP contribution in [0.4, 0.5) is 9.93 Å². The Morgan fingerprint density at radius 1 is 1.15 bits per heavy atom. The first-order valence-corrected chi connectivity index (χ1v) is 9.67. The molecule has 0 saturated heterocycles. The molecule has 0 spiro atoms. The van der Waals surface area contributed by atoms with Gasteiger partial charge in [-0.2, -0.15) is 0 Å². The summed E-state index contributed by atoms with van der Waals surface area (Å²) in [4.78, 5) is 19.0. The number of aromatic nitrogens is 3. The van der Waals surface area contributed by atoms with E-state index >= 15 is 0 Å². The molecule has 6 nitrogen and oxygen atoms in total. The minimum absolute atomic E-state index is 0.214. The van der Waals surface area contributed by atoms with E-state index in [0.717, 1.165) is 21.8 Å². The third kappa shape index (κ3) is 5.34. The highest BCUT2D eigenvalue weighted by atomic mass is 32.1. The predicted octanol–water partition coefficient (Wildman–Crippen LogP) is 4.60. The van der Waals surface area contributed by atoms with E-state index in [1.807, 2.05) is 43.3 Å². The molecule has 0 aliphatic heterocycles. The maximum Gasteiger partial charge on any atom is 0.324 e. The standard InChI is InChI=1S/C20H23N5OS/c1-14(2)18-23-24-19(27-18)22-20(26)25(13-17-9-4-5-10-21-17)12-16-8-6-7-15(3)11-16/h4-11,14H,12-13H2,1-3H3,(H,22,24,26). The van der Waals surface area contributed by atoms with Gasteiger partial charge in [0.25, 0.3) is 0 Å². The third-order valence-electron chi connectivity index (χ3n) is 3.97. The van der Waals surface area contributed by atoms with Crippen LogP contribution in [0.25, 0.3) is 0 Å². The molecule has 140 valence electrons. The van der Waals surface area contributed by atoms with E-state index in [2.05, 4.69) is 40.4 Å². The molecule has 0 radical (unpaired) electrons. The van der Waals surface area contributed by atoms with Crippen LogP contribution in [0.15, 0.2) is 48.7 Å². The number of pyridine rings is 1. The van der Waals surface area contributed by atoms with Gasteiger partial charge in [-0.15, -0.1) is 10.2 Å². The average molecular weight is 382 g/mol. The van der Waals surface area contributed by atoms with Gasteiger partial charge in [0.15, 0.2) is 0 Å². The number of nitrogens with zero attached hydrogens (tertiary/aromatic N) is 4. The minimum Gasteiger partial charge on any atom is -0.314 e. The molecule has 0 unspecified atom stereocenters. The Bertz CT molecular complexity index is 894. The van der Waals surface area contributed by atoms with Crippen LogP contribution >= 0.6 is 11.3 Å². The first kappa shape index (κ1) is 19.0. The molecular weight excluding hydrogens is 358 g/mol. The first-order chi connectivity index (χ1) is 13.0. The zero-order valence-corrected chi connectivity index (χ0v) is 16.5. The Hall–Kier alpha value is -2.80. The monoisotopic (exact) mass is 381 g/mol. The van der Waals surface area contributed by atoms with E-state index in [9.17, 15) is 4.79 Å². The lowest BCUT2D eigenvalue weighted by Crippen LogP contribution is -2.34. The normalized spacial score (nSPS) is 10.8. The van der Waals surface area contributed by atoms with E-state index in [1.54, 1.807) is 11.1 Å². The van der Waals surface area contributed by atoms with Crippen molar-refractivity contribution in [1.29, 1.82) is 0 Å². The molecule has 0 aliphatic rings. The molecule has 0 fully saturated rings. The molecule has 2 amide bonds. The molecule has 1 N–H and O–H groups in total. The summed E-state index contributed by atoms with van der Waals surface area (Å²) in [6.07, 6.45) is 1.73. The summed E-state index contributed by atoms with van der Waals surface area (Å²) in [5, 5.41) is 12.5. The number of hydrogen-bond donors (Lipinski definition) is 1. The van der Waals surface area contributed by atoms with Crippen LogP contribution < -0.4 is 5.32 Å². The molecule has 0 bridgehead atoms. The van der Waals surface area contributed by atoms with Gasteiger partial charge in [0, 0.05) is 18.7 Å². The molecule has 3 aromatic rings. The zero-order chi connectivity index (χ0) is 19.2. The summed E-state index contributed by atoms with van der Waals surface area (Å²) >= 11 is 1.41. The molecule has 0 saturated carbocycles. The highest BCUT2D eigenvalue weighted by Crippen LogP contribution is 2.23. The van der Waals surface area contributed by atoms with E-state index in [4.69, 9.17) is 0 Å². The number of hydrogen-bond acceptors (Lipinski definition) is 5. The van der Waals surface area contributed by atoms with E-state index in [0.29, 0.717) is 18.2 Å². The van der Waals surface area contributed by atoms with Crippen LogP contribution in [0.2, 0.25) is 0 Å². The lowest BCUT2D eigenvalue weighted by atomic mass is 10.1. The molecule has 3 rings (SSSR count). The third-order valence-corrected chi connectivity index (χ3v) is 5.11. The van der Waals surface area contributed by atoms with Gasteiger partial charge < -0.3 is 4.90 Å². The summed E-state index contributed by atoms with van der Waals surface area (Å²) in [5.74, 6) is 0.282. The number of urea groups is 1. The van der Waals surface area contributed by atoms with Gasteiger partial charge in [0.05, 0.1) is 12.2 Å². The highest BCUT2D eigenvalue weighted by molar-refractivity contribution is 7.15. The lowest BCUT2D eigenvalue weighted by molar-refractivity contribution is 0.205. The van der Waals surface area contributed by atoms with Crippen LogP contribution in [0.3, 0.4) is 0 Å². The first-order valence-electron chi connectivity index (χ1n) is 8.86. The van der Waals surface area contributed by atoms with Crippen LogP contribution in [0.1, 0.15) is 41.6 Å². The molecule has 0 aliphatic carbocycles. The number of rotatable bonds is 6. The van der Waals surface area contributed by atoms with Crippen molar-refractivity contribution >= 4 is 22.5 Å². The van der Waals surface area contributed by atoms with Crippen molar-refractivity contribution in [3.05, 3.63) is 70.5 Å². The van der Waals surface area contributed by atoms with E-state index < -0.39 is 0 Å². The van der Waals surface area contributed by atoms with E-state index in [1.165, 1.54) is 11.3 Å². The topological polar surface area (TPSA) is 71.0 Å². The molecule has 0 atom stereocenters. The number of carbonyl (C=O) groups is 1. The van der Waals surface area contributed by atoms with Gasteiger partial charge >= 0.3 is 6.03 Å². The largest absolute Gasteiger partial charge is 0.324 e. The van der Waals surface area contributed by atoms with Gasteiger partial charge in [0.1, 0.15) is 5.01 Å². The van der Waals surface area contributed by atoms with Crippen LogP contribution in [-0.2, 0) is 13.1 Å². The molecule has 1 aromatic carbocycles. The summed E-state index contributed by atoms with van der Waals surface area (Å²) in [5.41, 5.74) is 3.07. The van der Waals surface area contributed by atoms with Crippen molar-refractivity contribution in [2.75, 3.05) is 5.32 Å². The van der Waals surface area contributed by atoms with Crippen molar-refractivity contribution in [2.24, 2.45) is 0 Å². The zero-order valence-electron chi connectivity index (χ0n) is 15.7. The van der Waals surface area contributed by atoms with Crippen LogP contribution in [0.5, 0.6) is 0 Å². The van der Waals surface area contributed by atoms with E-state index in [-0.39, 0.29) is 11.9 Å². The summed E-state index contributed by atoms with van der Waals surface area (Å²) < 4.78 is 0. The van der Waals surface area contributed by atoms with Gasteiger partial charge in [-0.05, 0) is 24.6 Å². The average Bonchev–Trinajstić information content (AvgIpc) is 3.11. The Morgan fingerprint density at radius 3 is 2.67 bits per heavy atom. The fraction of sp³-hybridized carbons (Fsp3) is 0.300. The van der Waals surface area contributed by atoms with Crippen molar-refractivity contribution < 1.29 is 4.79 Å². The fourth-order valence-corrected chi connectivity index (χ4v) is 3.34. The quantitative estimate of drug-likeness (QED) is 0.677. The number of nitrogens with one attached hydrogen (secondary N) is 1. The highest BCUT2D eigenvalue weighted by Gasteiger charge is 2.18. The Morgan fingerprint density at radius 2 is 2.00 bits per heavy atom. The number of anilines is 1.